The number of hydrogen-bond donors (Lipinski definition) is 1. The van der Waals surface area contributed by atoms with Crippen LogP contribution in [0, 0.1) is 6.92 Å². The van der Waals surface area contributed by atoms with Crippen molar-refractivity contribution in [1.29, 1.82) is 0 Å². The summed E-state index contributed by atoms with van der Waals surface area (Å²) in [4.78, 5) is 10.7. The van der Waals surface area contributed by atoms with Gasteiger partial charge in [-0.25, -0.2) is 13.2 Å². The van der Waals surface area contributed by atoms with Crippen molar-refractivity contribution in [3.8, 4) is 0 Å². The first-order chi connectivity index (χ1) is 9.34. The van der Waals surface area contributed by atoms with Gasteiger partial charge in [-0.05, 0) is 13.8 Å². The lowest BCUT2D eigenvalue weighted by molar-refractivity contribution is 0.0661. The van der Waals surface area contributed by atoms with Gasteiger partial charge in [0.1, 0.15) is 10.7 Å². The van der Waals surface area contributed by atoms with E-state index in [0.29, 0.717) is 6.61 Å². The van der Waals surface area contributed by atoms with E-state index in [2.05, 4.69) is 0 Å². The van der Waals surface area contributed by atoms with E-state index in [4.69, 9.17) is 14.3 Å². The molecule has 1 N–H and O–H groups in total. The zero-order valence-electron chi connectivity index (χ0n) is 11.7. The number of furan rings is 1. The molecule has 20 heavy (non-hydrogen) atoms. The van der Waals surface area contributed by atoms with Crippen LogP contribution in [0.5, 0.6) is 0 Å². The normalized spacial score (nSPS) is 12.0. The Morgan fingerprint density at radius 3 is 2.55 bits per heavy atom. The molecule has 114 valence electrons. The van der Waals surface area contributed by atoms with Crippen LogP contribution in [0.2, 0.25) is 0 Å². The average Bonchev–Trinajstić information content (AvgIpc) is 2.77. The summed E-state index contributed by atoms with van der Waals surface area (Å²) in [6.07, 6.45) is 0. The van der Waals surface area contributed by atoms with Gasteiger partial charge < -0.3 is 14.3 Å². The molecule has 0 atom stereocenters. The SMILES string of the molecule is CCOCCN(CC)S(=O)(=O)c1cc(C(=O)O)oc1C. The highest BCUT2D eigenvalue weighted by molar-refractivity contribution is 7.89. The Hall–Kier alpha value is -1.38. The number of aromatic carboxylic acids is 1. The molecule has 0 radical (unpaired) electrons. The maximum absolute atomic E-state index is 12.4. The molecule has 0 fully saturated rings. The van der Waals surface area contributed by atoms with Crippen molar-refractivity contribution < 1.29 is 27.5 Å². The lowest BCUT2D eigenvalue weighted by Crippen LogP contribution is -2.34. The van der Waals surface area contributed by atoms with Crippen LogP contribution in [0.25, 0.3) is 0 Å². The van der Waals surface area contributed by atoms with Crippen molar-refractivity contribution in [3.63, 3.8) is 0 Å². The number of hydrogen-bond acceptors (Lipinski definition) is 5. The maximum atomic E-state index is 12.4. The van der Waals surface area contributed by atoms with Crippen LogP contribution in [0.15, 0.2) is 15.4 Å². The Morgan fingerprint density at radius 1 is 1.45 bits per heavy atom. The number of sulfonamides is 1. The summed E-state index contributed by atoms with van der Waals surface area (Å²) in [5, 5.41) is 8.84. The second-order valence-electron chi connectivity index (χ2n) is 4.03. The molecule has 0 aliphatic heterocycles. The number of aryl methyl sites for hydroxylation is 1. The third-order valence-corrected chi connectivity index (χ3v) is 4.82. The topological polar surface area (TPSA) is 97.0 Å². The minimum absolute atomic E-state index is 0.0669. The highest BCUT2D eigenvalue weighted by Gasteiger charge is 2.28. The fourth-order valence-corrected chi connectivity index (χ4v) is 3.32. The number of carboxylic acid groups (broad SMARTS) is 1. The molecule has 0 aromatic carbocycles. The molecule has 7 nitrogen and oxygen atoms in total. The van der Waals surface area contributed by atoms with Gasteiger partial charge in [-0.15, -0.1) is 0 Å². The Labute approximate surface area is 118 Å². The monoisotopic (exact) mass is 305 g/mol. The van der Waals surface area contributed by atoms with Crippen molar-refractivity contribution >= 4 is 16.0 Å². The zero-order chi connectivity index (χ0) is 15.3. The Bertz CT molecular complexity index is 563. The van der Waals surface area contributed by atoms with Gasteiger partial charge in [0.15, 0.2) is 0 Å². The molecule has 0 spiro atoms. The second kappa shape index (κ2) is 6.87. The van der Waals surface area contributed by atoms with Crippen molar-refractivity contribution in [2.45, 2.75) is 25.7 Å². The quantitative estimate of drug-likeness (QED) is 0.728. The molecule has 0 unspecified atom stereocenters. The Morgan fingerprint density at radius 2 is 2.10 bits per heavy atom. The minimum atomic E-state index is -3.78. The van der Waals surface area contributed by atoms with Crippen LogP contribution in [0.1, 0.15) is 30.2 Å². The third-order valence-electron chi connectivity index (χ3n) is 2.74. The number of likely N-dealkylation sites (N-methyl/N-ethyl adjacent to an activating group) is 1. The molecule has 0 saturated carbocycles. The molecule has 1 heterocycles. The van der Waals surface area contributed by atoms with Crippen molar-refractivity contribution in [3.05, 3.63) is 17.6 Å². The molecule has 1 rings (SSSR count). The van der Waals surface area contributed by atoms with Gasteiger partial charge in [-0.2, -0.15) is 4.31 Å². The largest absolute Gasteiger partial charge is 0.475 e. The first kappa shape index (κ1) is 16.7. The predicted molar refractivity (Wildman–Crippen MR) is 71.3 cm³/mol. The number of nitrogens with zero attached hydrogens (tertiary/aromatic N) is 1. The Balaban J connectivity index is 3.04. The first-order valence-electron chi connectivity index (χ1n) is 6.26. The van der Waals surface area contributed by atoms with Crippen LogP contribution < -0.4 is 0 Å². The highest BCUT2D eigenvalue weighted by atomic mass is 32.2. The summed E-state index contributed by atoms with van der Waals surface area (Å²) in [6, 6.07) is 1.04. The lowest BCUT2D eigenvalue weighted by Gasteiger charge is -2.19. The zero-order valence-corrected chi connectivity index (χ0v) is 12.6. The molecule has 1 aromatic heterocycles. The standard InChI is InChI=1S/C12H19NO6S/c1-4-13(6-7-18-5-2)20(16,17)11-8-10(12(14)15)19-9(11)3/h8H,4-7H2,1-3H3,(H,14,15). The summed E-state index contributed by atoms with van der Waals surface area (Å²) in [7, 11) is -3.78. The summed E-state index contributed by atoms with van der Waals surface area (Å²) < 4.78 is 36.2. The van der Waals surface area contributed by atoms with Crippen LogP contribution >= 0.6 is 0 Å². The van der Waals surface area contributed by atoms with Gasteiger partial charge in [0.25, 0.3) is 0 Å². The fraction of sp³-hybridized carbons (Fsp3) is 0.583. The van der Waals surface area contributed by atoms with Gasteiger partial charge in [0.2, 0.25) is 15.8 Å². The summed E-state index contributed by atoms with van der Waals surface area (Å²) in [5.41, 5.74) is 0. The van der Waals surface area contributed by atoms with Crippen LogP contribution in [0.3, 0.4) is 0 Å². The molecule has 0 aliphatic rings. The minimum Gasteiger partial charge on any atom is -0.475 e. The third kappa shape index (κ3) is 3.59. The van der Waals surface area contributed by atoms with Crippen LogP contribution in [0.4, 0.5) is 0 Å². The number of carboxylic acids is 1. The van der Waals surface area contributed by atoms with Gasteiger partial charge in [0.05, 0.1) is 6.61 Å². The molecule has 0 amide bonds. The number of ether oxygens (including phenoxy) is 1. The summed E-state index contributed by atoms with van der Waals surface area (Å²) >= 11 is 0. The molecular weight excluding hydrogens is 286 g/mol. The van der Waals surface area contributed by atoms with Gasteiger partial charge in [0, 0.05) is 25.8 Å². The van der Waals surface area contributed by atoms with E-state index in [1.807, 2.05) is 6.92 Å². The van der Waals surface area contributed by atoms with Gasteiger partial charge in [-0.3, -0.25) is 0 Å². The van der Waals surface area contributed by atoms with Crippen molar-refractivity contribution in [2.75, 3.05) is 26.3 Å². The van der Waals surface area contributed by atoms with Crippen molar-refractivity contribution in [1.82, 2.24) is 4.31 Å². The van der Waals surface area contributed by atoms with E-state index in [0.717, 1.165) is 6.07 Å². The Kier molecular flexibility index (Phi) is 5.73. The van der Waals surface area contributed by atoms with Crippen molar-refractivity contribution in [2.24, 2.45) is 0 Å². The van der Waals surface area contributed by atoms with Gasteiger partial charge in [-0.1, -0.05) is 6.92 Å². The van der Waals surface area contributed by atoms with E-state index in [9.17, 15) is 13.2 Å². The van der Waals surface area contributed by atoms with E-state index < -0.39 is 16.0 Å². The smallest absolute Gasteiger partial charge is 0.371 e. The molecule has 0 bridgehead atoms. The maximum Gasteiger partial charge on any atom is 0.371 e. The first-order valence-corrected chi connectivity index (χ1v) is 7.70. The predicted octanol–water partition coefficient (Wildman–Crippen LogP) is 1.33. The van der Waals surface area contributed by atoms with E-state index in [-0.39, 0.29) is 36.1 Å². The van der Waals surface area contributed by atoms with Crippen LogP contribution in [-0.2, 0) is 14.8 Å². The molecule has 8 heteroatoms. The molecule has 0 saturated heterocycles. The second-order valence-corrected chi connectivity index (χ2v) is 5.94. The summed E-state index contributed by atoms with van der Waals surface area (Å²) in [6.45, 7) is 6.22. The lowest BCUT2D eigenvalue weighted by atomic mass is 10.4. The van der Waals surface area contributed by atoms with E-state index in [1.54, 1.807) is 6.92 Å². The molecular formula is C12H19NO6S. The molecule has 0 aliphatic carbocycles. The average molecular weight is 305 g/mol. The summed E-state index contributed by atoms with van der Waals surface area (Å²) in [5.74, 6) is -1.62. The van der Waals surface area contributed by atoms with Gasteiger partial charge >= 0.3 is 5.97 Å². The van der Waals surface area contributed by atoms with E-state index in [1.165, 1.54) is 11.2 Å². The van der Waals surface area contributed by atoms with Crippen LogP contribution in [-0.4, -0.2) is 50.1 Å². The highest BCUT2D eigenvalue weighted by Crippen LogP contribution is 2.23. The fourth-order valence-electron chi connectivity index (χ4n) is 1.72. The van der Waals surface area contributed by atoms with E-state index >= 15 is 0 Å². The number of rotatable bonds is 8. The number of carbonyl (C=O) groups is 1. The molecule has 1 aromatic rings.